The summed E-state index contributed by atoms with van der Waals surface area (Å²) in [5, 5.41) is 9.00. The number of methoxy groups -OCH3 is 1. The molecule has 0 atom stereocenters. The average Bonchev–Trinajstić information content (AvgIpc) is 2.98. The summed E-state index contributed by atoms with van der Waals surface area (Å²) in [5.74, 6) is 0.683. The van der Waals surface area contributed by atoms with E-state index in [9.17, 15) is 0 Å². The number of nitriles is 1. The van der Waals surface area contributed by atoms with E-state index in [-0.39, 0.29) is 0 Å². The van der Waals surface area contributed by atoms with Gasteiger partial charge in [0.1, 0.15) is 11.8 Å². The molecule has 102 valence electrons. The van der Waals surface area contributed by atoms with Crippen molar-refractivity contribution in [3.63, 3.8) is 0 Å². The zero-order valence-electron chi connectivity index (χ0n) is 11.9. The zero-order chi connectivity index (χ0) is 13.7. The van der Waals surface area contributed by atoms with Crippen molar-refractivity contribution in [1.29, 1.82) is 5.26 Å². The predicted molar refractivity (Wildman–Crippen MR) is 76.0 cm³/mol. The van der Waals surface area contributed by atoms with Crippen LogP contribution >= 0.6 is 0 Å². The highest BCUT2D eigenvalue weighted by molar-refractivity contribution is 5.45. The van der Waals surface area contributed by atoms with Crippen LogP contribution in [0.4, 0.5) is 0 Å². The third kappa shape index (κ3) is 3.27. The Kier molecular flexibility index (Phi) is 4.81. The summed E-state index contributed by atoms with van der Waals surface area (Å²) in [5.41, 5.74) is 1.83. The molecule has 0 bridgehead atoms. The van der Waals surface area contributed by atoms with Crippen LogP contribution in [0.5, 0.6) is 5.75 Å². The Bertz CT molecular complexity index is 458. The Morgan fingerprint density at radius 3 is 2.68 bits per heavy atom. The van der Waals surface area contributed by atoms with Crippen LogP contribution in [-0.2, 0) is 6.54 Å². The molecule has 0 amide bonds. The summed E-state index contributed by atoms with van der Waals surface area (Å²) in [6.45, 7) is 4.25. The predicted octanol–water partition coefficient (Wildman–Crippen LogP) is 3.33. The molecule has 1 aromatic rings. The minimum atomic E-state index is 0.607. The fourth-order valence-corrected chi connectivity index (χ4v) is 2.93. The fraction of sp³-hybridized carbons (Fsp3) is 0.562. The van der Waals surface area contributed by atoms with Crippen molar-refractivity contribution in [1.82, 2.24) is 4.90 Å². The molecule has 0 unspecified atom stereocenters. The van der Waals surface area contributed by atoms with E-state index in [1.54, 1.807) is 7.11 Å². The van der Waals surface area contributed by atoms with Gasteiger partial charge in [0.15, 0.2) is 0 Å². The Labute approximate surface area is 115 Å². The topological polar surface area (TPSA) is 36.3 Å². The van der Waals surface area contributed by atoms with Crippen molar-refractivity contribution >= 4 is 0 Å². The monoisotopic (exact) mass is 258 g/mol. The molecule has 0 heterocycles. The second kappa shape index (κ2) is 6.58. The molecular weight excluding hydrogens is 236 g/mol. The molecule has 1 aliphatic rings. The first-order valence-electron chi connectivity index (χ1n) is 7.09. The van der Waals surface area contributed by atoms with E-state index < -0.39 is 0 Å². The van der Waals surface area contributed by atoms with Gasteiger partial charge in [0.05, 0.1) is 12.7 Å². The number of benzene rings is 1. The van der Waals surface area contributed by atoms with Gasteiger partial charge in [-0.25, -0.2) is 0 Å². The normalized spacial score (nSPS) is 15.7. The number of hydrogen-bond acceptors (Lipinski definition) is 3. The van der Waals surface area contributed by atoms with Gasteiger partial charge in [0, 0.05) is 12.6 Å². The Morgan fingerprint density at radius 2 is 2.11 bits per heavy atom. The van der Waals surface area contributed by atoms with Crippen molar-refractivity contribution in [2.75, 3.05) is 13.7 Å². The molecule has 0 radical (unpaired) electrons. The van der Waals surface area contributed by atoms with Crippen molar-refractivity contribution in [3.8, 4) is 11.8 Å². The molecule has 3 heteroatoms. The molecule has 19 heavy (non-hydrogen) atoms. The van der Waals surface area contributed by atoms with E-state index in [0.717, 1.165) is 19.1 Å². The van der Waals surface area contributed by atoms with Gasteiger partial charge in [-0.15, -0.1) is 0 Å². The molecule has 0 aliphatic heterocycles. The van der Waals surface area contributed by atoms with Crippen molar-refractivity contribution in [2.24, 2.45) is 0 Å². The lowest BCUT2D eigenvalue weighted by molar-refractivity contribution is 0.200. The minimum Gasteiger partial charge on any atom is -0.495 e. The van der Waals surface area contributed by atoms with E-state index in [2.05, 4.69) is 17.9 Å². The standard InChI is InChI=1S/C16H22N2O/c1-3-18(15-6-4-5-7-15)12-13-8-9-14(11-17)16(10-13)19-2/h8-10,15H,3-7,12H2,1-2H3. The van der Waals surface area contributed by atoms with Gasteiger partial charge >= 0.3 is 0 Å². The first-order valence-corrected chi connectivity index (χ1v) is 7.09. The molecule has 1 aliphatic carbocycles. The lowest BCUT2D eigenvalue weighted by Crippen LogP contribution is -2.32. The van der Waals surface area contributed by atoms with Gasteiger partial charge in [0.2, 0.25) is 0 Å². The van der Waals surface area contributed by atoms with Crippen LogP contribution in [0, 0.1) is 11.3 Å². The van der Waals surface area contributed by atoms with Gasteiger partial charge in [-0.05, 0) is 37.1 Å². The van der Waals surface area contributed by atoms with Crippen molar-refractivity contribution < 1.29 is 4.74 Å². The van der Waals surface area contributed by atoms with Crippen LogP contribution in [0.1, 0.15) is 43.7 Å². The third-order valence-corrected chi connectivity index (χ3v) is 4.02. The van der Waals surface area contributed by atoms with Crippen LogP contribution in [-0.4, -0.2) is 24.6 Å². The van der Waals surface area contributed by atoms with Gasteiger partial charge in [-0.2, -0.15) is 5.26 Å². The summed E-state index contributed by atoms with van der Waals surface area (Å²) in [7, 11) is 1.62. The van der Waals surface area contributed by atoms with Crippen LogP contribution < -0.4 is 4.74 Å². The summed E-state index contributed by atoms with van der Waals surface area (Å²) >= 11 is 0. The quantitative estimate of drug-likeness (QED) is 0.812. The maximum absolute atomic E-state index is 9.00. The molecule has 1 aromatic carbocycles. The van der Waals surface area contributed by atoms with Crippen molar-refractivity contribution in [2.45, 2.75) is 45.2 Å². The van der Waals surface area contributed by atoms with E-state index in [4.69, 9.17) is 10.00 Å². The maximum Gasteiger partial charge on any atom is 0.136 e. The smallest absolute Gasteiger partial charge is 0.136 e. The highest BCUT2D eigenvalue weighted by Gasteiger charge is 2.21. The molecule has 0 aromatic heterocycles. The van der Waals surface area contributed by atoms with Gasteiger partial charge in [-0.3, -0.25) is 4.90 Å². The SMILES string of the molecule is CCN(Cc1ccc(C#N)c(OC)c1)C1CCCC1. The molecular formula is C16H22N2O. The fourth-order valence-electron chi connectivity index (χ4n) is 2.93. The van der Waals surface area contributed by atoms with Gasteiger partial charge in [-0.1, -0.05) is 25.8 Å². The average molecular weight is 258 g/mol. The lowest BCUT2D eigenvalue weighted by Gasteiger charge is -2.27. The Morgan fingerprint density at radius 1 is 1.37 bits per heavy atom. The summed E-state index contributed by atoms with van der Waals surface area (Å²) in [6.07, 6.45) is 5.36. The molecule has 2 rings (SSSR count). The summed E-state index contributed by atoms with van der Waals surface area (Å²) in [4.78, 5) is 2.54. The Balaban J connectivity index is 2.11. The van der Waals surface area contributed by atoms with Crippen molar-refractivity contribution in [3.05, 3.63) is 29.3 Å². The van der Waals surface area contributed by atoms with Crippen LogP contribution in [0.25, 0.3) is 0 Å². The molecule has 0 saturated heterocycles. The van der Waals surface area contributed by atoms with E-state index in [0.29, 0.717) is 11.3 Å². The second-order valence-electron chi connectivity index (χ2n) is 5.15. The number of rotatable bonds is 5. The van der Waals surface area contributed by atoms with Crippen LogP contribution in [0.2, 0.25) is 0 Å². The largest absolute Gasteiger partial charge is 0.495 e. The van der Waals surface area contributed by atoms with E-state index in [1.165, 1.54) is 31.2 Å². The first-order chi connectivity index (χ1) is 9.28. The summed E-state index contributed by atoms with van der Waals surface area (Å²) in [6, 6.07) is 8.78. The number of ether oxygens (including phenoxy) is 1. The number of nitrogens with zero attached hydrogens (tertiary/aromatic N) is 2. The first kappa shape index (κ1) is 13.9. The minimum absolute atomic E-state index is 0.607. The van der Waals surface area contributed by atoms with Gasteiger partial charge < -0.3 is 4.74 Å². The highest BCUT2D eigenvalue weighted by atomic mass is 16.5. The summed E-state index contributed by atoms with van der Waals surface area (Å²) < 4.78 is 5.28. The lowest BCUT2D eigenvalue weighted by atomic mass is 10.1. The maximum atomic E-state index is 9.00. The number of hydrogen-bond donors (Lipinski definition) is 0. The van der Waals surface area contributed by atoms with Crippen LogP contribution in [0.3, 0.4) is 0 Å². The Hall–Kier alpha value is -1.53. The van der Waals surface area contributed by atoms with Crippen LogP contribution in [0.15, 0.2) is 18.2 Å². The van der Waals surface area contributed by atoms with Gasteiger partial charge in [0.25, 0.3) is 0 Å². The molecule has 0 spiro atoms. The molecule has 3 nitrogen and oxygen atoms in total. The molecule has 1 fully saturated rings. The highest BCUT2D eigenvalue weighted by Crippen LogP contribution is 2.26. The molecule has 1 saturated carbocycles. The van der Waals surface area contributed by atoms with E-state index >= 15 is 0 Å². The second-order valence-corrected chi connectivity index (χ2v) is 5.15. The molecule has 0 N–H and O–H groups in total. The zero-order valence-corrected chi connectivity index (χ0v) is 11.9. The van der Waals surface area contributed by atoms with E-state index in [1.807, 2.05) is 18.2 Å². The third-order valence-electron chi connectivity index (χ3n) is 4.02.